The summed E-state index contributed by atoms with van der Waals surface area (Å²) in [7, 11) is 3.72. The molecule has 4 fully saturated rings. The normalized spacial score (nSPS) is 14.4. The van der Waals surface area contributed by atoms with E-state index in [2.05, 4.69) is 116 Å². The first-order chi connectivity index (χ1) is 48.0. The fourth-order valence-electron chi connectivity index (χ4n) is 10.1. The highest BCUT2D eigenvalue weighted by molar-refractivity contribution is 6.01. The van der Waals surface area contributed by atoms with Crippen molar-refractivity contribution in [2.45, 2.75) is 96.1 Å². The number of hydrogen-bond acceptors (Lipinski definition) is 30. The molecule has 100 heavy (non-hydrogen) atoms. The number of halogens is 3. The van der Waals surface area contributed by atoms with Gasteiger partial charge in [-0.3, -0.25) is 4.90 Å². The van der Waals surface area contributed by atoms with Gasteiger partial charge in [0, 0.05) is 52.6 Å². The fraction of sp³-hybridized carbons (Fsp3) is 0.418. The summed E-state index contributed by atoms with van der Waals surface area (Å²) in [6.45, 7) is 6.35. The van der Waals surface area contributed by atoms with E-state index < -0.39 is 54.2 Å². The number of imidazole rings is 2. The lowest BCUT2D eigenvalue weighted by molar-refractivity contribution is -0.142. The maximum Gasteiger partial charge on any atom is 0.408 e. The number of hydrogen-bond donors (Lipinski definition) is 6. The first-order valence-corrected chi connectivity index (χ1v) is 30.3. The molecule has 16 rings (SSSR count). The van der Waals surface area contributed by atoms with Crippen LogP contribution in [0.25, 0.3) is 67.0 Å². The third-order valence-corrected chi connectivity index (χ3v) is 15.4. The van der Waals surface area contributed by atoms with Crippen molar-refractivity contribution in [3.8, 4) is 0 Å². The van der Waals surface area contributed by atoms with Crippen LogP contribution in [0.2, 0.25) is 0 Å². The van der Waals surface area contributed by atoms with Gasteiger partial charge in [0.25, 0.3) is 0 Å². The SMILES string of the molecule is CCn1nnc2c(C(=O)O)ncnc21.Cn1c(C2CC2)nc2c(C(=O)O)ncnc21.Cn1c(CCCN2CCOCC2)nc2c(C(=O)O)ncnc21.O=C(O)c1ncnc2c1nnn2C1CC1.O=C(O)c1ncnc2c1nnn2CC(F)(F)F.O=C(O)c1ncnc2c1nnn2CC1CC1. The molecule has 0 atom stereocenters. The lowest BCUT2D eigenvalue weighted by Crippen LogP contribution is -2.37. The Labute approximate surface area is 555 Å². The third-order valence-electron chi connectivity index (χ3n) is 15.4. The summed E-state index contributed by atoms with van der Waals surface area (Å²) in [6.07, 6.45) is 11.0. The molecule has 4 aliphatic rings. The lowest BCUT2D eigenvalue weighted by atomic mass is 10.2. The largest absolute Gasteiger partial charge is 0.476 e. The predicted molar refractivity (Wildman–Crippen MR) is 327 cm³/mol. The van der Waals surface area contributed by atoms with Gasteiger partial charge in [0.05, 0.1) is 19.3 Å². The van der Waals surface area contributed by atoms with Crippen molar-refractivity contribution in [3.05, 3.63) is 83.8 Å². The van der Waals surface area contributed by atoms with Crippen molar-refractivity contribution < 1.29 is 77.3 Å². The molecule has 1 saturated heterocycles. The van der Waals surface area contributed by atoms with Gasteiger partial charge >= 0.3 is 42.0 Å². The Bertz CT molecular complexity index is 5050. The maximum absolute atomic E-state index is 12.2. The molecule has 42 nitrogen and oxygen atoms in total. The molecule has 3 saturated carbocycles. The first-order valence-electron chi connectivity index (χ1n) is 30.3. The van der Waals surface area contributed by atoms with Crippen molar-refractivity contribution in [3.63, 3.8) is 0 Å². The number of carboxylic acid groups (broad SMARTS) is 6. The van der Waals surface area contributed by atoms with E-state index in [9.17, 15) is 47.0 Å². The van der Waals surface area contributed by atoms with Gasteiger partial charge in [-0.05, 0) is 64.3 Å². The topological polar surface area (TPSA) is 549 Å². The van der Waals surface area contributed by atoms with Crippen LogP contribution in [0, 0.1) is 5.92 Å². The van der Waals surface area contributed by atoms with Crippen molar-refractivity contribution in [2.75, 3.05) is 32.8 Å². The van der Waals surface area contributed by atoms with E-state index in [4.69, 9.17) is 30.3 Å². The summed E-state index contributed by atoms with van der Waals surface area (Å²) in [6, 6.07) is 0.326. The number of rotatable bonds is 16. The average molecular weight is 1390 g/mol. The summed E-state index contributed by atoms with van der Waals surface area (Å²) in [5.74, 6) is -4.04. The zero-order valence-corrected chi connectivity index (χ0v) is 52.7. The highest BCUT2D eigenvalue weighted by Gasteiger charge is 2.33. The molecule has 0 radical (unpaired) electrons. The number of aromatic nitrogens is 28. The Morgan fingerprint density at radius 1 is 0.480 bits per heavy atom. The van der Waals surface area contributed by atoms with E-state index in [0.717, 1.165) is 95.9 Å². The van der Waals surface area contributed by atoms with Gasteiger partial charge in [-0.15, -0.1) is 20.4 Å². The van der Waals surface area contributed by atoms with Gasteiger partial charge < -0.3 is 44.5 Å². The Balaban J connectivity index is 0.000000122. The Morgan fingerprint density at radius 2 is 0.880 bits per heavy atom. The van der Waals surface area contributed by atoms with E-state index in [-0.39, 0.29) is 56.2 Å². The number of alkyl halides is 3. The maximum atomic E-state index is 12.2. The van der Waals surface area contributed by atoms with Crippen molar-refractivity contribution in [2.24, 2.45) is 20.0 Å². The predicted octanol–water partition coefficient (Wildman–Crippen LogP) is 2.27. The molecule has 12 aromatic rings. The second-order valence-electron chi connectivity index (χ2n) is 22.4. The average Bonchev–Trinajstić information content (AvgIpc) is 1.63. The number of carbonyl (C=O) groups is 6. The van der Waals surface area contributed by atoms with E-state index in [1.54, 1.807) is 9.36 Å². The molecule has 1 aliphatic heterocycles. The second kappa shape index (κ2) is 29.5. The molecule has 0 unspecified atom stereocenters. The summed E-state index contributed by atoms with van der Waals surface area (Å²) in [5.41, 5.74) is 2.71. The van der Waals surface area contributed by atoms with Gasteiger partial charge in [0.1, 0.15) is 67.2 Å². The van der Waals surface area contributed by atoms with Gasteiger partial charge in [-0.2, -0.15) is 13.2 Å². The van der Waals surface area contributed by atoms with Crippen molar-refractivity contribution in [1.29, 1.82) is 0 Å². The molecule has 13 heterocycles. The molecule has 3 aliphatic carbocycles. The molecular formula is C55H56F3N29O13. The molecule has 520 valence electrons. The van der Waals surface area contributed by atoms with Gasteiger partial charge in [-0.25, -0.2) is 117 Å². The monoisotopic (exact) mass is 1390 g/mol. The molecule has 12 aromatic heterocycles. The summed E-state index contributed by atoms with van der Waals surface area (Å²) in [5, 5.41) is 83.0. The molecule has 6 N–H and O–H groups in total. The van der Waals surface area contributed by atoms with Crippen LogP contribution in [0.5, 0.6) is 0 Å². The minimum Gasteiger partial charge on any atom is -0.476 e. The number of fused-ring (bicyclic) bond motifs is 6. The van der Waals surface area contributed by atoms with Gasteiger partial charge in [0.2, 0.25) is 0 Å². The zero-order valence-electron chi connectivity index (χ0n) is 52.7. The Hall–Kier alpha value is -12.5. The zero-order chi connectivity index (χ0) is 71.1. The highest BCUT2D eigenvalue weighted by atomic mass is 19.4. The van der Waals surface area contributed by atoms with E-state index in [1.807, 2.05) is 30.2 Å². The van der Waals surface area contributed by atoms with E-state index in [0.29, 0.717) is 68.4 Å². The highest BCUT2D eigenvalue weighted by Crippen LogP contribution is 2.40. The number of ether oxygens (including phenoxy) is 1. The quantitative estimate of drug-likeness (QED) is 0.0808. The van der Waals surface area contributed by atoms with E-state index in [1.165, 1.54) is 49.2 Å². The van der Waals surface area contributed by atoms with Crippen LogP contribution >= 0.6 is 0 Å². The second-order valence-corrected chi connectivity index (χ2v) is 22.4. The number of morpholine rings is 1. The van der Waals surface area contributed by atoms with Crippen molar-refractivity contribution in [1.82, 2.24) is 144 Å². The molecule has 45 heteroatoms. The Morgan fingerprint density at radius 3 is 1.33 bits per heavy atom. The van der Waals surface area contributed by atoms with Crippen LogP contribution in [0.1, 0.15) is 138 Å². The number of aryl methyl sites for hydroxylation is 4. The summed E-state index contributed by atoms with van der Waals surface area (Å²) >= 11 is 0. The molecule has 0 spiro atoms. The van der Waals surface area contributed by atoms with Gasteiger partial charge in [0.15, 0.2) is 90.1 Å². The third kappa shape index (κ3) is 15.7. The Kier molecular flexibility index (Phi) is 20.3. The van der Waals surface area contributed by atoms with E-state index >= 15 is 0 Å². The number of aromatic carboxylic acids is 6. The minimum absolute atomic E-state index is 0.0208. The molecular weight excluding hydrogens is 1330 g/mol. The van der Waals surface area contributed by atoms with Crippen LogP contribution in [0.4, 0.5) is 13.2 Å². The van der Waals surface area contributed by atoms with Crippen LogP contribution in [-0.4, -0.2) is 249 Å². The molecule has 0 aromatic carbocycles. The van der Waals surface area contributed by atoms with Gasteiger partial charge in [-0.1, -0.05) is 20.9 Å². The van der Waals surface area contributed by atoms with Crippen LogP contribution in [0.3, 0.4) is 0 Å². The molecule has 0 bridgehead atoms. The first kappa shape index (κ1) is 68.9. The number of nitrogens with zero attached hydrogens (tertiary/aromatic N) is 29. The molecule has 0 amide bonds. The lowest BCUT2D eigenvalue weighted by Gasteiger charge is -2.26. The summed E-state index contributed by atoms with van der Waals surface area (Å²) in [4.78, 5) is 122. The van der Waals surface area contributed by atoms with Crippen LogP contribution in [0.15, 0.2) is 38.0 Å². The minimum atomic E-state index is -4.49. The number of carboxylic acids is 6. The van der Waals surface area contributed by atoms with Crippen LogP contribution in [-0.2, 0) is 44.9 Å². The fourth-order valence-corrected chi connectivity index (χ4v) is 10.1. The standard InChI is InChI=1S/C14H19N5O3.C10H10N4O2.C9H9N5O2.C8H7N5O2.C7H4F3N5O2.C7H7N5O2/c1-18-10(3-2-4-19-5-7-22-8-6-19)17-11-12(14(20)21)15-9-16-13(11)18;1-14-8(5-2-3-5)13-6-7(10(15)16)11-4-12-9(6)14;15-9(16)7-6-8(11-4-10-7)14(13-12-6)3-5-1-2-5;14-8(15)6-5-7(10-3-9-6)13(12-11-5)4-1-2-4;8-7(9,10)1-15-5-3(13-14-15)4(6(16)17)11-2-12-5;1-2-12-6-4(10-11-12)5(7(13)14)8-3-9-6/h9H,2-8H2,1H3,(H,20,21);4-5H,2-3H2,1H3,(H,15,16);4-5H,1-3H2,(H,15,16);3-4H,1-2H2,(H,14,15);2H,1H2,(H,16,17);3H,2H2,1H3,(H,13,14). The summed E-state index contributed by atoms with van der Waals surface area (Å²) < 4.78 is 50.8. The smallest absolute Gasteiger partial charge is 0.408 e. The van der Waals surface area contributed by atoms with Crippen molar-refractivity contribution >= 4 is 103 Å². The van der Waals surface area contributed by atoms with Crippen LogP contribution < -0.4 is 0 Å².